The number of carbonyl (C=O) groups is 1. The van der Waals surface area contributed by atoms with Crippen LogP contribution in [0.1, 0.15) is 20.3 Å². The molecule has 2 atom stereocenters. The predicted octanol–water partition coefficient (Wildman–Crippen LogP) is 1.32. The SMILES string of the molecule is CC(CC(C)(N)C(N)=O)Oc1ccc(F)c(F)c1. The molecule has 6 heteroatoms. The number of amides is 1. The van der Waals surface area contributed by atoms with Gasteiger partial charge in [-0.3, -0.25) is 4.79 Å². The Hall–Kier alpha value is -1.69. The van der Waals surface area contributed by atoms with Crippen molar-refractivity contribution in [3.63, 3.8) is 0 Å². The predicted molar refractivity (Wildman–Crippen MR) is 62.9 cm³/mol. The van der Waals surface area contributed by atoms with Gasteiger partial charge in [-0.2, -0.15) is 0 Å². The first-order chi connectivity index (χ1) is 8.22. The van der Waals surface area contributed by atoms with Crippen molar-refractivity contribution in [1.82, 2.24) is 0 Å². The van der Waals surface area contributed by atoms with E-state index in [1.807, 2.05) is 0 Å². The first-order valence-electron chi connectivity index (χ1n) is 5.43. The maximum absolute atomic E-state index is 12.9. The Bertz CT molecular complexity index is 450. The monoisotopic (exact) mass is 258 g/mol. The molecule has 0 saturated heterocycles. The number of hydrogen-bond donors (Lipinski definition) is 2. The summed E-state index contributed by atoms with van der Waals surface area (Å²) >= 11 is 0. The summed E-state index contributed by atoms with van der Waals surface area (Å²) in [5.41, 5.74) is 9.60. The lowest BCUT2D eigenvalue weighted by atomic mass is 9.95. The van der Waals surface area contributed by atoms with E-state index < -0.39 is 29.2 Å². The molecule has 0 aliphatic heterocycles. The van der Waals surface area contributed by atoms with Gasteiger partial charge in [-0.15, -0.1) is 0 Å². The van der Waals surface area contributed by atoms with Crippen LogP contribution in [0, 0.1) is 11.6 Å². The quantitative estimate of drug-likeness (QED) is 0.836. The molecule has 4 nitrogen and oxygen atoms in total. The summed E-state index contributed by atoms with van der Waals surface area (Å²) < 4.78 is 31.0. The molecule has 0 heterocycles. The molecule has 0 aliphatic rings. The van der Waals surface area contributed by atoms with E-state index in [1.54, 1.807) is 6.92 Å². The molecule has 1 aromatic rings. The summed E-state index contributed by atoms with van der Waals surface area (Å²) in [7, 11) is 0. The lowest BCUT2D eigenvalue weighted by molar-refractivity contribution is -0.123. The largest absolute Gasteiger partial charge is 0.491 e. The average Bonchev–Trinajstić information content (AvgIpc) is 2.22. The van der Waals surface area contributed by atoms with Crippen LogP contribution >= 0.6 is 0 Å². The third-order valence-corrected chi connectivity index (χ3v) is 2.50. The summed E-state index contributed by atoms with van der Waals surface area (Å²) in [5.74, 6) is -2.43. The molecule has 100 valence electrons. The van der Waals surface area contributed by atoms with Crippen molar-refractivity contribution in [1.29, 1.82) is 0 Å². The zero-order valence-corrected chi connectivity index (χ0v) is 10.2. The second kappa shape index (κ2) is 5.30. The molecule has 0 aliphatic carbocycles. The molecular formula is C12H16F2N2O2. The second-order valence-electron chi connectivity index (χ2n) is 4.49. The fraction of sp³-hybridized carbons (Fsp3) is 0.417. The highest BCUT2D eigenvalue weighted by molar-refractivity contribution is 5.83. The Balaban J connectivity index is 2.67. The lowest BCUT2D eigenvalue weighted by Crippen LogP contribution is -2.51. The van der Waals surface area contributed by atoms with Crippen LogP contribution in [0.2, 0.25) is 0 Å². The van der Waals surface area contributed by atoms with E-state index in [9.17, 15) is 13.6 Å². The molecule has 4 N–H and O–H groups in total. The number of carbonyl (C=O) groups excluding carboxylic acids is 1. The van der Waals surface area contributed by atoms with Crippen LogP contribution in [0.15, 0.2) is 18.2 Å². The number of rotatable bonds is 5. The van der Waals surface area contributed by atoms with Crippen molar-refractivity contribution in [2.75, 3.05) is 0 Å². The van der Waals surface area contributed by atoms with E-state index in [0.717, 1.165) is 12.1 Å². The average molecular weight is 258 g/mol. The number of ether oxygens (including phenoxy) is 1. The fourth-order valence-corrected chi connectivity index (χ4v) is 1.52. The van der Waals surface area contributed by atoms with Crippen molar-refractivity contribution < 1.29 is 18.3 Å². The van der Waals surface area contributed by atoms with E-state index in [1.165, 1.54) is 13.0 Å². The molecule has 0 saturated carbocycles. The van der Waals surface area contributed by atoms with E-state index >= 15 is 0 Å². The molecule has 0 spiro atoms. The number of hydrogen-bond acceptors (Lipinski definition) is 3. The van der Waals surface area contributed by atoms with Crippen molar-refractivity contribution in [3.8, 4) is 5.75 Å². The Morgan fingerprint density at radius 1 is 1.44 bits per heavy atom. The molecule has 0 radical (unpaired) electrons. The van der Waals surface area contributed by atoms with Crippen LogP contribution < -0.4 is 16.2 Å². The second-order valence-corrected chi connectivity index (χ2v) is 4.49. The fourth-order valence-electron chi connectivity index (χ4n) is 1.52. The lowest BCUT2D eigenvalue weighted by Gasteiger charge is -2.25. The molecule has 18 heavy (non-hydrogen) atoms. The van der Waals surface area contributed by atoms with Gasteiger partial charge >= 0.3 is 0 Å². The van der Waals surface area contributed by atoms with Crippen LogP contribution in [0.4, 0.5) is 8.78 Å². The number of halogens is 2. The van der Waals surface area contributed by atoms with Gasteiger partial charge in [0.05, 0.1) is 11.6 Å². The highest BCUT2D eigenvalue weighted by Gasteiger charge is 2.28. The molecular weight excluding hydrogens is 242 g/mol. The van der Waals surface area contributed by atoms with Crippen molar-refractivity contribution in [2.24, 2.45) is 11.5 Å². The van der Waals surface area contributed by atoms with Crippen LogP contribution in [-0.4, -0.2) is 17.6 Å². The van der Waals surface area contributed by atoms with Crippen LogP contribution in [0.3, 0.4) is 0 Å². The maximum atomic E-state index is 12.9. The smallest absolute Gasteiger partial charge is 0.237 e. The van der Waals surface area contributed by atoms with Gasteiger partial charge in [-0.1, -0.05) is 0 Å². The summed E-state index contributed by atoms with van der Waals surface area (Å²) in [6, 6.07) is 3.20. The van der Waals surface area contributed by atoms with Crippen LogP contribution in [0.25, 0.3) is 0 Å². The molecule has 1 amide bonds. The van der Waals surface area contributed by atoms with Gasteiger partial charge in [-0.25, -0.2) is 8.78 Å². The number of nitrogens with two attached hydrogens (primary N) is 2. The first-order valence-corrected chi connectivity index (χ1v) is 5.43. The molecule has 1 aromatic carbocycles. The number of benzene rings is 1. The van der Waals surface area contributed by atoms with Crippen LogP contribution in [0.5, 0.6) is 5.75 Å². The minimum Gasteiger partial charge on any atom is -0.491 e. The summed E-state index contributed by atoms with van der Waals surface area (Å²) in [6.07, 6.45) is -0.293. The molecule has 0 fully saturated rings. The summed E-state index contributed by atoms with van der Waals surface area (Å²) in [4.78, 5) is 11.0. The molecule has 1 rings (SSSR count). The van der Waals surface area contributed by atoms with Gasteiger partial charge in [0.15, 0.2) is 11.6 Å². The van der Waals surface area contributed by atoms with Crippen LogP contribution in [-0.2, 0) is 4.79 Å². The standard InChI is InChI=1S/C12H16F2N2O2/c1-7(6-12(2,16)11(15)17)18-8-3-4-9(13)10(14)5-8/h3-5,7H,6,16H2,1-2H3,(H2,15,17). The topological polar surface area (TPSA) is 78.3 Å². The zero-order valence-electron chi connectivity index (χ0n) is 10.2. The van der Waals surface area contributed by atoms with Crippen molar-refractivity contribution >= 4 is 5.91 Å². The number of primary amides is 1. The third kappa shape index (κ3) is 3.66. The highest BCUT2D eigenvalue weighted by atomic mass is 19.2. The molecule has 0 aromatic heterocycles. The minimum atomic E-state index is -1.21. The normalized spacial score (nSPS) is 15.8. The Kier molecular flexibility index (Phi) is 4.24. The van der Waals surface area contributed by atoms with Gasteiger partial charge in [0.25, 0.3) is 0 Å². The van der Waals surface area contributed by atoms with Gasteiger partial charge in [0, 0.05) is 12.5 Å². The Morgan fingerprint density at radius 2 is 2.06 bits per heavy atom. The third-order valence-electron chi connectivity index (χ3n) is 2.50. The van der Waals surface area contributed by atoms with E-state index in [0.29, 0.717) is 0 Å². The van der Waals surface area contributed by atoms with Crippen molar-refractivity contribution in [2.45, 2.75) is 31.9 Å². The highest BCUT2D eigenvalue weighted by Crippen LogP contribution is 2.19. The Morgan fingerprint density at radius 3 is 2.56 bits per heavy atom. The summed E-state index contributed by atoms with van der Waals surface area (Å²) in [6.45, 7) is 3.15. The first kappa shape index (κ1) is 14.4. The van der Waals surface area contributed by atoms with Gasteiger partial charge in [0.1, 0.15) is 5.75 Å². The molecule has 0 bridgehead atoms. The van der Waals surface area contributed by atoms with E-state index in [2.05, 4.69) is 0 Å². The zero-order chi connectivity index (χ0) is 13.9. The van der Waals surface area contributed by atoms with Crippen molar-refractivity contribution in [3.05, 3.63) is 29.8 Å². The summed E-state index contributed by atoms with van der Waals surface area (Å²) in [5, 5.41) is 0. The molecule has 2 unspecified atom stereocenters. The minimum absolute atomic E-state index is 0.168. The maximum Gasteiger partial charge on any atom is 0.237 e. The Labute approximate surface area is 104 Å². The van der Waals surface area contributed by atoms with Gasteiger partial charge in [-0.05, 0) is 26.0 Å². The van der Waals surface area contributed by atoms with E-state index in [-0.39, 0.29) is 12.2 Å². The van der Waals surface area contributed by atoms with E-state index in [4.69, 9.17) is 16.2 Å². The van der Waals surface area contributed by atoms with Gasteiger partial charge in [0.2, 0.25) is 5.91 Å². The van der Waals surface area contributed by atoms with Gasteiger partial charge < -0.3 is 16.2 Å².